The minimum Gasteiger partial charge on any atom is -0.333 e. The highest BCUT2D eigenvalue weighted by Gasteiger charge is 2.19. The maximum absolute atomic E-state index is 13.5. The van der Waals surface area contributed by atoms with Crippen LogP contribution < -0.4 is 0 Å². The molecule has 7 heteroatoms. The van der Waals surface area contributed by atoms with Gasteiger partial charge in [-0.1, -0.05) is 109 Å². The Morgan fingerprint density at radius 1 is 0.658 bits per heavy atom. The SMILES string of the molecule is O=C(CSc1nnc(CSc2ccccc2)n1-c1ccccc1)N(Cc1ccccc1)Cc1ccccc1. The maximum atomic E-state index is 13.5. The molecule has 1 aromatic heterocycles. The first kappa shape index (κ1) is 25.8. The molecular weight excluding hydrogens is 509 g/mol. The van der Waals surface area contributed by atoms with Crippen LogP contribution in [0.4, 0.5) is 0 Å². The molecule has 0 radical (unpaired) electrons. The average Bonchev–Trinajstić information content (AvgIpc) is 3.39. The van der Waals surface area contributed by atoms with Crippen molar-refractivity contribution in [2.24, 2.45) is 0 Å². The number of amides is 1. The molecule has 0 atom stereocenters. The molecule has 190 valence electrons. The summed E-state index contributed by atoms with van der Waals surface area (Å²) in [5.74, 6) is 1.86. The third-order valence-corrected chi connectivity index (χ3v) is 7.86. The van der Waals surface area contributed by atoms with E-state index < -0.39 is 0 Å². The Balaban J connectivity index is 1.34. The van der Waals surface area contributed by atoms with Crippen molar-refractivity contribution >= 4 is 29.4 Å². The molecule has 0 aliphatic carbocycles. The van der Waals surface area contributed by atoms with E-state index in [0.29, 0.717) is 24.0 Å². The van der Waals surface area contributed by atoms with E-state index in [4.69, 9.17) is 0 Å². The molecule has 0 aliphatic heterocycles. The quantitative estimate of drug-likeness (QED) is 0.172. The van der Waals surface area contributed by atoms with Crippen LogP contribution in [-0.2, 0) is 23.6 Å². The zero-order valence-electron chi connectivity index (χ0n) is 20.9. The number of hydrogen-bond acceptors (Lipinski definition) is 5. The lowest BCUT2D eigenvalue weighted by Crippen LogP contribution is -2.31. The predicted molar refractivity (Wildman–Crippen MR) is 155 cm³/mol. The van der Waals surface area contributed by atoms with Crippen LogP contribution in [0.5, 0.6) is 0 Å². The van der Waals surface area contributed by atoms with Crippen LogP contribution in [0.3, 0.4) is 0 Å². The Hall–Kier alpha value is -3.81. The highest BCUT2D eigenvalue weighted by Crippen LogP contribution is 2.27. The van der Waals surface area contributed by atoms with Gasteiger partial charge in [-0.3, -0.25) is 9.36 Å². The summed E-state index contributed by atoms with van der Waals surface area (Å²) in [6.45, 7) is 1.11. The van der Waals surface area contributed by atoms with Crippen molar-refractivity contribution in [3.63, 3.8) is 0 Å². The number of para-hydroxylation sites is 1. The summed E-state index contributed by atoms with van der Waals surface area (Å²) >= 11 is 3.15. The first-order valence-electron chi connectivity index (χ1n) is 12.4. The highest BCUT2D eigenvalue weighted by atomic mass is 32.2. The summed E-state index contributed by atoms with van der Waals surface area (Å²) in [5.41, 5.74) is 3.20. The first-order chi connectivity index (χ1) is 18.8. The van der Waals surface area contributed by atoms with E-state index in [2.05, 4.69) is 51.2 Å². The van der Waals surface area contributed by atoms with E-state index in [1.54, 1.807) is 11.8 Å². The number of thioether (sulfide) groups is 2. The molecule has 5 aromatic rings. The number of nitrogens with zero attached hydrogens (tertiary/aromatic N) is 4. The number of carbonyl (C=O) groups is 1. The van der Waals surface area contributed by atoms with Gasteiger partial charge < -0.3 is 4.90 Å². The Morgan fingerprint density at radius 3 is 1.76 bits per heavy atom. The Labute approximate surface area is 231 Å². The fourth-order valence-corrected chi connectivity index (χ4v) is 5.75. The summed E-state index contributed by atoms with van der Waals surface area (Å²) in [6, 6.07) is 40.6. The lowest BCUT2D eigenvalue weighted by molar-refractivity contribution is -0.129. The molecule has 0 saturated heterocycles. The maximum Gasteiger partial charge on any atom is 0.233 e. The van der Waals surface area contributed by atoms with E-state index in [9.17, 15) is 4.79 Å². The summed E-state index contributed by atoms with van der Waals surface area (Å²) in [6.07, 6.45) is 0. The molecule has 1 heterocycles. The zero-order valence-corrected chi connectivity index (χ0v) is 22.5. The van der Waals surface area contributed by atoms with E-state index >= 15 is 0 Å². The van der Waals surface area contributed by atoms with E-state index in [1.165, 1.54) is 16.7 Å². The van der Waals surface area contributed by atoms with Crippen LogP contribution in [0.15, 0.2) is 131 Å². The molecule has 38 heavy (non-hydrogen) atoms. The molecule has 0 bridgehead atoms. The molecule has 5 rings (SSSR count). The zero-order chi connectivity index (χ0) is 26.0. The van der Waals surface area contributed by atoms with E-state index in [1.807, 2.05) is 89.8 Å². The second kappa shape index (κ2) is 13.1. The summed E-state index contributed by atoms with van der Waals surface area (Å²) < 4.78 is 2.06. The van der Waals surface area contributed by atoms with Gasteiger partial charge in [0.25, 0.3) is 0 Å². The summed E-state index contributed by atoms with van der Waals surface area (Å²) in [4.78, 5) is 16.6. The largest absolute Gasteiger partial charge is 0.333 e. The van der Waals surface area contributed by atoms with Crippen molar-refractivity contribution in [1.29, 1.82) is 0 Å². The number of carbonyl (C=O) groups excluding carboxylic acids is 1. The summed E-state index contributed by atoms with van der Waals surface area (Å²) in [5, 5.41) is 9.72. The second-order valence-corrected chi connectivity index (χ2v) is 10.7. The van der Waals surface area contributed by atoms with Crippen LogP contribution in [0, 0.1) is 0 Å². The van der Waals surface area contributed by atoms with Crippen molar-refractivity contribution < 1.29 is 4.79 Å². The molecular formula is C31H28N4OS2. The van der Waals surface area contributed by atoms with Crippen molar-refractivity contribution in [2.75, 3.05) is 5.75 Å². The van der Waals surface area contributed by atoms with Crippen LogP contribution >= 0.6 is 23.5 Å². The third kappa shape index (κ3) is 6.94. The van der Waals surface area contributed by atoms with Gasteiger partial charge in [0.1, 0.15) is 5.82 Å². The number of hydrogen-bond donors (Lipinski definition) is 0. The summed E-state index contributed by atoms with van der Waals surface area (Å²) in [7, 11) is 0. The second-order valence-electron chi connectivity index (χ2n) is 8.68. The monoisotopic (exact) mass is 536 g/mol. The van der Waals surface area contributed by atoms with Gasteiger partial charge in [0.2, 0.25) is 5.91 Å². The number of benzene rings is 4. The minimum absolute atomic E-state index is 0.0607. The van der Waals surface area contributed by atoms with Gasteiger partial charge in [0.05, 0.1) is 11.5 Å². The fourth-order valence-electron chi connectivity index (χ4n) is 4.05. The molecule has 0 saturated carbocycles. The van der Waals surface area contributed by atoms with Gasteiger partial charge in [-0.05, 0) is 35.4 Å². The predicted octanol–water partition coefficient (Wildman–Crippen LogP) is 6.88. The fraction of sp³-hybridized carbons (Fsp3) is 0.129. The van der Waals surface area contributed by atoms with Crippen LogP contribution in [0.2, 0.25) is 0 Å². The molecule has 0 spiro atoms. The smallest absolute Gasteiger partial charge is 0.233 e. The van der Waals surface area contributed by atoms with Gasteiger partial charge in [0.15, 0.2) is 5.16 Å². The van der Waals surface area contributed by atoms with Crippen molar-refractivity contribution in [3.05, 3.63) is 138 Å². The molecule has 4 aromatic carbocycles. The van der Waals surface area contributed by atoms with Crippen molar-refractivity contribution in [3.8, 4) is 5.69 Å². The minimum atomic E-state index is 0.0607. The first-order valence-corrected chi connectivity index (χ1v) is 14.4. The number of rotatable bonds is 11. The van der Waals surface area contributed by atoms with Crippen molar-refractivity contribution in [1.82, 2.24) is 19.7 Å². The Morgan fingerprint density at radius 2 is 1.18 bits per heavy atom. The molecule has 0 fully saturated rings. The van der Waals surface area contributed by atoms with E-state index in [0.717, 1.165) is 22.6 Å². The van der Waals surface area contributed by atoms with Gasteiger partial charge in [0, 0.05) is 23.7 Å². The van der Waals surface area contributed by atoms with Crippen molar-refractivity contribution in [2.45, 2.75) is 28.9 Å². The van der Waals surface area contributed by atoms with E-state index in [-0.39, 0.29) is 11.7 Å². The van der Waals surface area contributed by atoms with Crippen LogP contribution in [0.25, 0.3) is 5.69 Å². The van der Waals surface area contributed by atoms with Crippen LogP contribution in [0.1, 0.15) is 17.0 Å². The lowest BCUT2D eigenvalue weighted by atomic mass is 10.1. The standard InChI is InChI=1S/C31H28N4OS2/c36-30(34(21-25-13-5-1-6-14-25)22-26-15-7-2-8-16-26)24-38-31-33-32-29(23-37-28-19-11-4-12-20-28)35(31)27-17-9-3-10-18-27/h1-20H,21-24H2. The normalized spacial score (nSPS) is 10.8. The lowest BCUT2D eigenvalue weighted by Gasteiger charge is -2.23. The topological polar surface area (TPSA) is 51.0 Å². The Bertz CT molecular complexity index is 1390. The van der Waals surface area contributed by atoms with Crippen LogP contribution in [-0.4, -0.2) is 31.3 Å². The molecule has 0 N–H and O–H groups in total. The van der Waals surface area contributed by atoms with Gasteiger partial charge in [-0.25, -0.2) is 0 Å². The van der Waals surface area contributed by atoms with Gasteiger partial charge >= 0.3 is 0 Å². The molecule has 5 nitrogen and oxygen atoms in total. The molecule has 0 unspecified atom stereocenters. The van der Waals surface area contributed by atoms with Gasteiger partial charge in [-0.15, -0.1) is 22.0 Å². The Kier molecular flexibility index (Phi) is 8.92. The van der Waals surface area contributed by atoms with Gasteiger partial charge in [-0.2, -0.15) is 0 Å². The number of aromatic nitrogens is 3. The molecule has 1 amide bonds. The highest BCUT2D eigenvalue weighted by molar-refractivity contribution is 7.99. The molecule has 0 aliphatic rings. The average molecular weight is 537 g/mol. The third-order valence-electron chi connectivity index (χ3n) is 5.94.